The zero-order valence-electron chi connectivity index (χ0n) is 13.9. The Morgan fingerprint density at radius 3 is 2.42 bits per heavy atom. The number of hydrogen-bond acceptors (Lipinski definition) is 5. The van der Waals surface area contributed by atoms with Crippen molar-refractivity contribution in [3.8, 4) is 5.75 Å². The van der Waals surface area contributed by atoms with E-state index in [1.807, 2.05) is 25.5 Å². The Hall–Kier alpha value is -2.70. The predicted molar refractivity (Wildman–Crippen MR) is 87.3 cm³/mol. The molecule has 24 heavy (non-hydrogen) atoms. The van der Waals surface area contributed by atoms with Crippen LogP contribution in [0.1, 0.15) is 55.7 Å². The maximum absolute atomic E-state index is 12.3. The maximum Gasteiger partial charge on any atom is 0.364 e. The fraction of sp³-hybridized carbons (Fsp3) is 0.412. The van der Waals surface area contributed by atoms with Crippen molar-refractivity contribution < 1.29 is 14.5 Å². The number of aromatic nitrogens is 2. The van der Waals surface area contributed by atoms with E-state index >= 15 is 0 Å². The van der Waals surface area contributed by atoms with Gasteiger partial charge in [0.2, 0.25) is 0 Å². The number of esters is 1. The summed E-state index contributed by atoms with van der Waals surface area (Å²) in [6.07, 6.45) is 2.22. The molecule has 0 amide bonds. The lowest BCUT2D eigenvalue weighted by Gasteiger charge is -2.22. The lowest BCUT2D eigenvalue weighted by atomic mass is 10.1. The number of nitro groups is 1. The van der Waals surface area contributed by atoms with E-state index in [0.29, 0.717) is 5.92 Å². The van der Waals surface area contributed by atoms with E-state index in [9.17, 15) is 14.9 Å². The highest BCUT2D eigenvalue weighted by atomic mass is 16.6. The largest absolute Gasteiger partial charge is 0.422 e. The van der Waals surface area contributed by atoms with Crippen LogP contribution in [0.2, 0.25) is 0 Å². The number of hydrogen-bond donors (Lipinski definition) is 0. The minimum Gasteiger partial charge on any atom is -0.422 e. The molecule has 3 rings (SSSR count). The molecule has 1 aliphatic carbocycles. The van der Waals surface area contributed by atoms with E-state index in [-0.39, 0.29) is 22.7 Å². The summed E-state index contributed by atoms with van der Waals surface area (Å²) in [5.74, 6) is 0.148. The molecule has 1 aromatic heterocycles. The summed E-state index contributed by atoms with van der Waals surface area (Å²) < 4.78 is 7.16. The van der Waals surface area contributed by atoms with E-state index in [2.05, 4.69) is 5.10 Å². The van der Waals surface area contributed by atoms with Crippen LogP contribution in [0.15, 0.2) is 30.3 Å². The highest BCUT2D eigenvalue weighted by Crippen LogP contribution is 2.41. The molecule has 0 unspecified atom stereocenters. The highest BCUT2D eigenvalue weighted by Gasteiger charge is 2.32. The summed E-state index contributed by atoms with van der Waals surface area (Å²) >= 11 is 0. The van der Waals surface area contributed by atoms with E-state index in [1.54, 1.807) is 6.07 Å². The molecular formula is C17H19N3O4. The highest BCUT2D eigenvalue weighted by molar-refractivity contribution is 5.89. The SMILES string of the molecule is CC(C)(C)n1nc(C(=O)Oc2ccc([N+](=O)[O-])cc2)cc1C1CC1. The smallest absolute Gasteiger partial charge is 0.364 e. The molecule has 1 saturated carbocycles. The quantitative estimate of drug-likeness (QED) is 0.370. The fourth-order valence-corrected chi connectivity index (χ4v) is 2.50. The van der Waals surface area contributed by atoms with Crippen LogP contribution >= 0.6 is 0 Å². The van der Waals surface area contributed by atoms with Gasteiger partial charge in [-0.2, -0.15) is 5.10 Å². The van der Waals surface area contributed by atoms with Crippen LogP contribution in [-0.2, 0) is 5.54 Å². The molecule has 0 bridgehead atoms. The number of non-ortho nitro benzene ring substituents is 1. The van der Waals surface area contributed by atoms with Gasteiger partial charge in [-0.1, -0.05) is 0 Å². The van der Waals surface area contributed by atoms with Crippen LogP contribution in [0.3, 0.4) is 0 Å². The van der Waals surface area contributed by atoms with Crippen LogP contribution in [-0.4, -0.2) is 20.7 Å². The third-order valence-corrected chi connectivity index (χ3v) is 3.84. The van der Waals surface area contributed by atoms with Gasteiger partial charge in [0, 0.05) is 23.7 Å². The number of ether oxygens (including phenoxy) is 1. The summed E-state index contributed by atoms with van der Waals surface area (Å²) in [5.41, 5.74) is 1.04. The average Bonchev–Trinajstić information content (AvgIpc) is 3.24. The first-order valence-corrected chi connectivity index (χ1v) is 7.83. The Labute approximate surface area is 139 Å². The van der Waals surface area contributed by atoms with Crippen molar-refractivity contribution in [2.24, 2.45) is 0 Å². The first-order valence-electron chi connectivity index (χ1n) is 7.83. The van der Waals surface area contributed by atoms with Gasteiger partial charge in [-0.25, -0.2) is 4.79 Å². The number of rotatable bonds is 4. The number of benzene rings is 1. The standard InChI is InChI=1S/C17H19N3O4/c1-17(2,3)19-15(11-4-5-11)10-14(18-19)16(21)24-13-8-6-12(7-9-13)20(22)23/h6-11H,4-5H2,1-3H3. The normalized spacial score (nSPS) is 14.5. The summed E-state index contributed by atoms with van der Waals surface area (Å²) in [6.45, 7) is 6.12. The van der Waals surface area contributed by atoms with Gasteiger partial charge in [0.15, 0.2) is 5.69 Å². The van der Waals surface area contributed by atoms with Gasteiger partial charge < -0.3 is 4.74 Å². The zero-order chi connectivity index (χ0) is 17.5. The second-order valence-corrected chi connectivity index (χ2v) is 6.95. The number of nitro benzene ring substituents is 1. The Kier molecular flexibility index (Phi) is 3.87. The van der Waals surface area contributed by atoms with E-state index in [0.717, 1.165) is 18.5 Å². The molecule has 0 atom stereocenters. The summed E-state index contributed by atoms with van der Waals surface area (Å²) in [7, 11) is 0. The van der Waals surface area contributed by atoms with Crippen LogP contribution in [0.25, 0.3) is 0 Å². The molecule has 7 nitrogen and oxygen atoms in total. The van der Waals surface area contributed by atoms with Crippen molar-refractivity contribution in [3.63, 3.8) is 0 Å². The molecule has 0 spiro atoms. The van der Waals surface area contributed by atoms with Crippen molar-refractivity contribution in [1.82, 2.24) is 9.78 Å². The van der Waals surface area contributed by atoms with Gasteiger partial charge in [0.25, 0.3) is 5.69 Å². The van der Waals surface area contributed by atoms with Crippen LogP contribution in [0.5, 0.6) is 5.75 Å². The Morgan fingerprint density at radius 2 is 1.92 bits per heavy atom. The van der Waals surface area contributed by atoms with Gasteiger partial charge in [-0.05, 0) is 51.8 Å². The third-order valence-electron chi connectivity index (χ3n) is 3.84. The summed E-state index contributed by atoms with van der Waals surface area (Å²) in [5, 5.41) is 15.1. The zero-order valence-corrected chi connectivity index (χ0v) is 13.9. The molecule has 0 N–H and O–H groups in total. The number of carbonyl (C=O) groups excluding carboxylic acids is 1. The third kappa shape index (κ3) is 3.29. The first-order chi connectivity index (χ1) is 11.3. The van der Waals surface area contributed by atoms with Gasteiger partial charge in [-0.3, -0.25) is 14.8 Å². The van der Waals surface area contributed by atoms with Gasteiger partial charge in [-0.15, -0.1) is 0 Å². The second kappa shape index (κ2) is 5.74. The molecule has 0 aliphatic heterocycles. The topological polar surface area (TPSA) is 87.3 Å². The molecule has 126 valence electrons. The lowest BCUT2D eigenvalue weighted by molar-refractivity contribution is -0.384. The monoisotopic (exact) mass is 329 g/mol. The van der Waals surface area contributed by atoms with Crippen molar-refractivity contribution in [1.29, 1.82) is 0 Å². The van der Waals surface area contributed by atoms with E-state index < -0.39 is 10.9 Å². The fourth-order valence-electron chi connectivity index (χ4n) is 2.50. The average molecular weight is 329 g/mol. The van der Waals surface area contributed by atoms with Crippen molar-refractivity contribution >= 4 is 11.7 Å². The van der Waals surface area contributed by atoms with Crippen molar-refractivity contribution in [2.45, 2.75) is 45.1 Å². The maximum atomic E-state index is 12.3. The predicted octanol–water partition coefficient (Wildman–Crippen LogP) is 3.64. The number of carbonyl (C=O) groups is 1. The summed E-state index contributed by atoms with van der Waals surface area (Å²) in [6, 6.07) is 7.19. The molecule has 1 heterocycles. The molecule has 0 saturated heterocycles. The second-order valence-electron chi connectivity index (χ2n) is 6.95. The van der Waals surface area contributed by atoms with E-state index in [1.165, 1.54) is 24.3 Å². The van der Waals surface area contributed by atoms with Crippen LogP contribution in [0.4, 0.5) is 5.69 Å². The molecule has 7 heteroatoms. The minimum absolute atomic E-state index is 0.0529. The molecule has 1 aliphatic rings. The molecule has 1 fully saturated rings. The Balaban J connectivity index is 1.81. The number of nitrogens with zero attached hydrogens (tertiary/aromatic N) is 3. The molecule has 1 aromatic carbocycles. The van der Waals surface area contributed by atoms with E-state index in [4.69, 9.17) is 4.74 Å². The van der Waals surface area contributed by atoms with Crippen molar-refractivity contribution in [2.75, 3.05) is 0 Å². The van der Waals surface area contributed by atoms with Crippen LogP contribution < -0.4 is 4.74 Å². The van der Waals surface area contributed by atoms with Crippen LogP contribution in [0, 0.1) is 10.1 Å². The molecule has 0 radical (unpaired) electrons. The first kappa shape index (κ1) is 16.2. The van der Waals surface area contributed by atoms with Gasteiger partial charge in [0.05, 0.1) is 10.5 Å². The Bertz CT molecular complexity index is 783. The summed E-state index contributed by atoms with van der Waals surface area (Å²) in [4.78, 5) is 22.5. The van der Waals surface area contributed by atoms with Gasteiger partial charge >= 0.3 is 5.97 Å². The van der Waals surface area contributed by atoms with Crippen molar-refractivity contribution in [3.05, 3.63) is 51.8 Å². The molecular weight excluding hydrogens is 310 g/mol. The van der Waals surface area contributed by atoms with Gasteiger partial charge in [0.1, 0.15) is 5.75 Å². The molecule has 2 aromatic rings. The lowest BCUT2D eigenvalue weighted by Crippen LogP contribution is -2.25. The minimum atomic E-state index is -0.561. The Morgan fingerprint density at radius 1 is 1.29 bits per heavy atom.